The van der Waals surface area contributed by atoms with Gasteiger partial charge in [0, 0.05) is 6.54 Å². The van der Waals surface area contributed by atoms with E-state index >= 15 is 0 Å². The number of hydrogen-bond donors (Lipinski definition) is 1. The lowest BCUT2D eigenvalue weighted by Gasteiger charge is -2.26. The first-order chi connectivity index (χ1) is 11.6. The van der Waals surface area contributed by atoms with Gasteiger partial charge in [0.15, 0.2) is 0 Å². The summed E-state index contributed by atoms with van der Waals surface area (Å²) in [6, 6.07) is 7.06. The van der Waals surface area contributed by atoms with Gasteiger partial charge in [0.25, 0.3) is 5.91 Å². The number of carbonyl (C=O) groups excluding carboxylic acids is 2. The minimum atomic E-state index is -0.898. The summed E-state index contributed by atoms with van der Waals surface area (Å²) in [6.07, 6.45) is 2.68. The van der Waals surface area contributed by atoms with Crippen LogP contribution in [0, 0.1) is 0 Å². The molecular weight excluding hydrogens is 308 g/mol. The van der Waals surface area contributed by atoms with Crippen molar-refractivity contribution in [1.29, 1.82) is 0 Å². The Bertz CT molecular complexity index is 578. The smallest absolute Gasteiger partial charge is 0.327 e. The zero-order chi connectivity index (χ0) is 17.1. The molecule has 6 heteroatoms. The Morgan fingerprint density at radius 1 is 1.25 bits per heavy atom. The minimum Gasteiger partial charge on any atom is -0.491 e. The molecule has 2 fully saturated rings. The molecule has 0 spiro atoms. The van der Waals surface area contributed by atoms with Gasteiger partial charge in [0.2, 0.25) is 0 Å². The average molecular weight is 332 g/mol. The molecule has 1 aromatic carbocycles. The van der Waals surface area contributed by atoms with Gasteiger partial charge in [-0.1, -0.05) is 19.1 Å². The number of imide groups is 1. The van der Waals surface area contributed by atoms with Gasteiger partial charge in [-0.2, -0.15) is 0 Å². The highest BCUT2D eigenvalue weighted by molar-refractivity contribution is 6.04. The van der Waals surface area contributed by atoms with E-state index in [0.29, 0.717) is 12.3 Å². The monoisotopic (exact) mass is 332 g/mol. The fourth-order valence-electron chi connectivity index (χ4n) is 3.29. The van der Waals surface area contributed by atoms with Crippen molar-refractivity contribution in [2.24, 2.45) is 0 Å². The number of hydrogen-bond acceptors (Lipinski definition) is 4. The summed E-state index contributed by atoms with van der Waals surface area (Å²) in [5.41, 5.74) is 1.22. The Kier molecular flexibility index (Phi) is 5.04. The fraction of sp³-hybridized carbons (Fsp3) is 0.556. The largest absolute Gasteiger partial charge is 0.491 e. The molecule has 1 N–H and O–H groups in total. The van der Waals surface area contributed by atoms with Crippen molar-refractivity contribution in [2.45, 2.75) is 44.8 Å². The Hall–Kier alpha value is -2.08. The second kappa shape index (κ2) is 7.21. The summed E-state index contributed by atoms with van der Waals surface area (Å²) in [5.74, 6) is 0.480. The predicted octanol–water partition coefficient (Wildman–Crippen LogP) is 1.81. The van der Waals surface area contributed by atoms with E-state index in [1.165, 1.54) is 10.5 Å². The molecule has 0 radical (unpaired) electrons. The molecule has 24 heavy (non-hydrogen) atoms. The molecule has 2 atom stereocenters. The van der Waals surface area contributed by atoms with Gasteiger partial charge in [0.1, 0.15) is 24.5 Å². The van der Waals surface area contributed by atoms with E-state index in [4.69, 9.17) is 4.74 Å². The zero-order valence-electron chi connectivity index (χ0n) is 14.0. The van der Waals surface area contributed by atoms with Gasteiger partial charge in [-0.25, -0.2) is 4.79 Å². The quantitative estimate of drug-likeness (QED) is 0.807. The van der Waals surface area contributed by atoms with E-state index in [0.717, 1.165) is 25.7 Å². The van der Waals surface area contributed by atoms with Gasteiger partial charge in [-0.15, -0.1) is 0 Å². The van der Waals surface area contributed by atoms with E-state index in [2.05, 4.69) is 6.92 Å². The van der Waals surface area contributed by atoms with Crippen molar-refractivity contribution in [2.75, 3.05) is 19.7 Å². The summed E-state index contributed by atoms with van der Waals surface area (Å²) < 4.78 is 5.55. The van der Waals surface area contributed by atoms with Crippen molar-refractivity contribution in [3.05, 3.63) is 29.8 Å². The van der Waals surface area contributed by atoms with Crippen molar-refractivity contribution in [3.63, 3.8) is 0 Å². The Balaban J connectivity index is 1.53. The lowest BCUT2D eigenvalue weighted by molar-refractivity contribution is -0.129. The van der Waals surface area contributed by atoms with Crippen LogP contribution in [0.2, 0.25) is 0 Å². The number of ether oxygens (including phenoxy) is 1. The number of aliphatic hydroxyl groups excluding tert-OH is 1. The lowest BCUT2D eigenvalue weighted by Crippen LogP contribution is -2.40. The molecule has 0 aromatic heterocycles. The van der Waals surface area contributed by atoms with Gasteiger partial charge in [-0.3, -0.25) is 9.69 Å². The molecule has 0 bridgehead atoms. The molecule has 3 amide bonds. The second-order valence-electron chi connectivity index (χ2n) is 6.40. The van der Waals surface area contributed by atoms with Crippen LogP contribution in [0.4, 0.5) is 4.79 Å². The average Bonchev–Trinajstić information content (AvgIpc) is 2.86. The number of benzene rings is 1. The molecule has 0 saturated carbocycles. The Morgan fingerprint density at radius 3 is 2.67 bits per heavy atom. The molecule has 2 saturated heterocycles. The Labute approximate surface area is 142 Å². The van der Waals surface area contributed by atoms with E-state index < -0.39 is 6.10 Å². The van der Waals surface area contributed by atoms with Crippen molar-refractivity contribution in [3.8, 4) is 5.75 Å². The highest BCUT2D eigenvalue weighted by atomic mass is 16.5. The molecule has 130 valence electrons. The molecular formula is C18H24N2O4. The number of urea groups is 1. The van der Waals surface area contributed by atoms with Crippen LogP contribution in [0.15, 0.2) is 24.3 Å². The normalized spacial score (nSPS) is 21.8. The van der Waals surface area contributed by atoms with Gasteiger partial charge >= 0.3 is 6.03 Å². The van der Waals surface area contributed by atoms with Gasteiger partial charge < -0.3 is 14.7 Å². The second-order valence-corrected chi connectivity index (χ2v) is 6.40. The van der Waals surface area contributed by atoms with Crippen molar-refractivity contribution >= 4 is 11.9 Å². The SMILES string of the molecule is CCc1ccc(OC[C@H](O)CN2C(=O)[C@@H]3CCCCN3C2=O)cc1. The molecule has 0 aliphatic carbocycles. The summed E-state index contributed by atoms with van der Waals surface area (Å²) in [7, 11) is 0. The third kappa shape index (κ3) is 3.38. The van der Waals surface area contributed by atoms with Crippen LogP contribution < -0.4 is 4.74 Å². The number of piperidine rings is 1. The maximum atomic E-state index is 12.3. The molecule has 6 nitrogen and oxygen atoms in total. The first kappa shape index (κ1) is 16.8. The molecule has 2 aliphatic heterocycles. The summed E-state index contributed by atoms with van der Waals surface area (Å²) in [5, 5.41) is 10.2. The molecule has 2 aliphatic rings. The number of nitrogens with zero attached hydrogens (tertiary/aromatic N) is 2. The standard InChI is InChI=1S/C18H24N2O4/c1-2-13-6-8-15(9-7-13)24-12-14(21)11-20-17(22)16-5-3-4-10-19(16)18(20)23/h6-9,14,16,21H,2-5,10-12H2,1H3/t14-,16+/m1/s1. The Morgan fingerprint density at radius 2 is 2.00 bits per heavy atom. The van der Waals surface area contributed by atoms with Crippen LogP contribution in [0.1, 0.15) is 31.7 Å². The maximum absolute atomic E-state index is 12.3. The summed E-state index contributed by atoms with van der Waals surface area (Å²) in [6.45, 7) is 2.74. The molecule has 3 rings (SSSR count). The first-order valence-corrected chi connectivity index (χ1v) is 8.62. The van der Waals surface area contributed by atoms with Crippen LogP contribution in [-0.2, 0) is 11.2 Å². The third-order valence-corrected chi connectivity index (χ3v) is 4.70. The first-order valence-electron chi connectivity index (χ1n) is 8.62. The molecule has 0 unspecified atom stereocenters. The van der Waals surface area contributed by atoms with Crippen molar-refractivity contribution in [1.82, 2.24) is 9.80 Å². The zero-order valence-corrected chi connectivity index (χ0v) is 14.0. The number of β-amino-alcohol motifs (C(OH)–C–C–N with tert-alkyl or cyclic N) is 1. The van der Waals surface area contributed by atoms with Crippen LogP contribution >= 0.6 is 0 Å². The van der Waals surface area contributed by atoms with Gasteiger partial charge in [-0.05, 0) is 43.4 Å². The van der Waals surface area contributed by atoms with Crippen LogP contribution in [-0.4, -0.2) is 58.7 Å². The summed E-state index contributed by atoms with van der Waals surface area (Å²) in [4.78, 5) is 27.5. The van der Waals surface area contributed by atoms with Gasteiger partial charge in [0.05, 0.1) is 6.54 Å². The van der Waals surface area contributed by atoms with E-state index in [1.54, 1.807) is 4.90 Å². The van der Waals surface area contributed by atoms with Crippen LogP contribution in [0.5, 0.6) is 5.75 Å². The number of aryl methyl sites for hydroxylation is 1. The maximum Gasteiger partial charge on any atom is 0.327 e. The minimum absolute atomic E-state index is 0.0162. The number of fused-ring (bicyclic) bond motifs is 1. The van der Waals surface area contributed by atoms with E-state index in [-0.39, 0.29) is 31.1 Å². The summed E-state index contributed by atoms with van der Waals surface area (Å²) >= 11 is 0. The molecule has 1 aromatic rings. The number of aliphatic hydroxyl groups is 1. The van der Waals surface area contributed by atoms with Crippen molar-refractivity contribution < 1.29 is 19.4 Å². The highest BCUT2D eigenvalue weighted by Gasteiger charge is 2.46. The van der Waals surface area contributed by atoms with E-state index in [9.17, 15) is 14.7 Å². The third-order valence-electron chi connectivity index (χ3n) is 4.70. The fourth-order valence-corrected chi connectivity index (χ4v) is 3.29. The predicted molar refractivity (Wildman–Crippen MR) is 88.8 cm³/mol. The lowest BCUT2D eigenvalue weighted by atomic mass is 10.0. The topological polar surface area (TPSA) is 70.1 Å². The van der Waals surface area contributed by atoms with E-state index in [1.807, 2.05) is 24.3 Å². The number of amides is 3. The van der Waals surface area contributed by atoms with Crippen LogP contribution in [0.25, 0.3) is 0 Å². The number of rotatable bonds is 6. The van der Waals surface area contributed by atoms with Crippen LogP contribution in [0.3, 0.4) is 0 Å². The molecule has 2 heterocycles. The number of carbonyl (C=O) groups is 2. The highest BCUT2D eigenvalue weighted by Crippen LogP contribution is 2.26.